The third-order valence-electron chi connectivity index (χ3n) is 3.66. The summed E-state index contributed by atoms with van der Waals surface area (Å²) >= 11 is 0. The van der Waals surface area contributed by atoms with E-state index < -0.39 is 0 Å². The van der Waals surface area contributed by atoms with Crippen LogP contribution in [0.25, 0.3) is 5.69 Å². The Hall–Kier alpha value is -2.88. The number of aromatic nitrogens is 2. The maximum atomic E-state index is 12.9. The van der Waals surface area contributed by atoms with Gasteiger partial charge >= 0.3 is 0 Å². The molecular formula is C15H14FN5O. The van der Waals surface area contributed by atoms with Crippen LogP contribution in [-0.4, -0.2) is 33.4 Å². The van der Waals surface area contributed by atoms with Gasteiger partial charge in [-0.3, -0.25) is 4.79 Å². The van der Waals surface area contributed by atoms with Gasteiger partial charge in [-0.1, -0.05) is 0 Å². The lowest BCUT2D eigenvalue weighted by atomic mass is 10.1. The zero-order valence-corrected chi connectivity index (χ0v) is 11.7. The van der Waals surface area contributed by atoms with E-state index in [1.807, 2.05) is 6.19 Å². The molecule has 3 rings (SSSR count). The van der Waals surface area contributed by atoms with Crippen LogP contribution in [0.3, 0.4) is 0 Å². The van der Waals surface area contributed by atoms with Gasteiger partial charge in [-0.25, -0.2) is 9.37 Å². The van der Waals surface area contributed by atoms with Crippen molar-refractivity contribution >= 4 is 11.7 Å². The number of nitrogens with zero attached hydrogens (tertiary/aromatic N) is 4. The van der Waals surface area contributed by atoms with E-state index in [0.717, 1.165) is 5.69 Å². The highest BCUT2D eigenvalue weighted by atomic mass is 19.1. The van der Waals surface area contributed by atoms with Crippen LogP contribution in [0.1, 0.15) is 6.42 Å². The van der Waals surface area contributed by atoms with E-state index in [1.54, 1.807) is 34.1 Å². The Morgan fingerprint density at radius 2 is 2.18 bits per heavy atom. The van der Waals surface area contributed by atoms with Gasteiger partial charge in [-0.2, -0.15) is 5.26 Å². The van der Waals surface area contributed by atoms with Crippen molar-refractivity contribution in [2.45, 2.75) is 6.42 Å². The number of amides is 1. The molecule has 0 bridgehead atoms. The molecule has 112 valence electrons. The summed E-state index contributed by atoms with van der Waals surface area (Å²) in [5.74, 6) is -0.205. The number of imidazole rings is 1. The molecule has 0 radical (unpaired) electrons. The Morgan fingerprint density at radius 1 is 1.41 bits per heavy atom. The minimum atomic E-state index is -0.305. The van der Waals surface area contributed by atoms with Gasteiger partial charge in [-0.15, -0.1) is 0 Å². The first-order valence-electron chi connectivity index (χ1n) is 6.91. The van der Waals surface area contributed by atoms with Gasteiger partial charge in [0.1, 0.15) is 12.1 Å². The molecule has 1 fully saturated rings. The average Bonchev–Trinajstić information content (AvgIpc) is 3.17. The molecule has 1 aliphatic heterocycles. The number of carbonyl (C=O) groups is 1. The predicted molar refractivity (Wildman–Crippen MR) is 77.4 cm³/mol. The molecule has 7 heteroatoms. The van der Waals surface area contributed by atoms with E-state index in [-0.39, 0.29) is 17.6 Å². The maximum Gasteiger partial charge on any atom is 0.230 e. The Balaban J connectivity index is 1.66. The minimum Gasteiger partial charge on any atom is -0.310 e. The lowest BCUT2D eigenvalue weighted by Crippen LogP contribution is -2.25. The molecule has 22 heavy (non-hydrogen) atoms. The molecule has 1 amide bonds. The van der Waals surface area contributed by atoms with Crippen molar-refractivity contribution in [1.29, 1.82) is 5.26 Å². The van der Waals surface area contributed by atoms with Gasteiger partial charge in [-0.05, 0) is 30.7 Å². The Bertz CT molecular complexity index is 718. The van der Waals surface area contributed by atoms with Gasteiger partial charge in [0.25, 0.3) is 0 Å². The molecule has 0 unspecified atom stereocenters. The monoisotopic (exact) mass is 299 g/mol. The third-order valence-corrected chi connectivity index (χ3v) is 3.66. The lowest BCUT2D eigenvalue weighted by Gasteiger charge is -2.08. The van der Waals surface area contributed by atoms with Gasteiger partial charge in [0, 0.05) is 18.8 Å². The summed E-state index contributed by atoms with van der Waals surface area (Å²) in [4.78, 5) is 17.8. The number of likely N-dealkylation sites (tertiary alicyclic amines) is 1. The van der Waals surface area contributed by atoms with Crippen LogP contribution in [-0.2, 0) is 4.79 Å². The first kappa shape index (κ1) is 14.1. The van der Waals surface area contributed by atoms with Crippen molar-refractivity contribution in [2.75, 3.05) is 18.4 Å². The van der Waals surface area contributed by atoms with Crippen molar-refractivity contribution in [1.82, 2.24) is 14.5 Å². The van der Waals surface area contributed by atoms with E-state index >= 15 is 0 Å². The Kier molecular flexibility index (Phi) is 3.74. The molecule has 0 spiro atoms. The number of rotatable bonds is 3. The molecule has 1 aromatic carbocycles. The van der Waals surface area contributed by atoms with Crippen molar-refractivity contribution in [3.63, 3.8) is 0 Å². The number of halogens is 1. The second kappa shape index (κ2) is 5.85. The number of hydrogen-bond acceptors (Lipinski definition) is 4. The van der Waals surface area contributed by atoms with Crippen molar-refractivity contribution in [3.05, 3.63) is 42.6 Å². The number of hydrogen-bond donors (Lipinski definition) is 1. The molecule has 0 saturated carbocycles. The predicted octanol–water partition coefficient (Wildman–Crippen LogP) is 1.75. The molecule has 1 aromatic heterocycles. The summed E-state index contributed by atoms with van der Waals surface area (Å²) in [7, 11) is 0. The quantitative estimate of drug-likeness (QED) is 0.876. The number of nitriles is 1. The summed E-state index contributed by atoms with van der Waals surface area (Å²) < 4.78 is 14.6. The van der Waals surface area contributed by atoms with Gasteiger partial charge in [0.15, 0.2) is 12.0 Å². The fraction of sp³-hybridized carbons (Fsp3) is 0.267. The highest BCUT2D eigenvalue weighted by molar-refractivity contribution is 5.92. The first-order chi connectivity index (χ1) is 10.7. The van der Waals surface area contributed by atoms with Crippen molar-refractivity contribution < 1.29 is 9.18 Å². The fourth-order valence-electron chi connectivity index (χ4n) is 2.44. The Labute approximate surface area is 126 Å². The summed E-state index contributed by atoms with van der Waals surface area (Å²) in [6.45, 7) is 1.06. The van der Waals surface area contributed by atoms with E-state index in [1.165, 1.54) is 12.1 Å². The third kappa shape index (κ3) is 2.91. The zero-order valence-electron chi connectivity index (χ0n) is 11.7. The van der Waals surface area contributed by atoms with Crippen molar-refractivity contribution in [2.24, 2.45) is 5.92 Å². The van der Waals surface area contributed by atoms with E-state index in [9.17, 15) is 9.18 Å². The SMILES string of the molecule is N#CN1CC[C@H](C(=O)Nc2cn(-c3ccc(F)cc3)cn2)C1. The zero-order chi connectivity index (χ0) is 15.5. The molecule has 6 nitrogen and oxygen atoms in total. The van der Waals surface area contributed by atoms with Crippen LogP contribution in [0.15, 0.2) is 36.8 Å². The van der Waals surface area contributed by atoms with E-state index in [0.29, 0.717) is 25.3 Å². The normalized spacial score (nSPS) is 17.3. The number of benzene rings is 1. The fourth-order valence-corrected chi connectivity index (χ4v) is 2.44. The minimum absolute atomic E-state index is 0.137. The van der Waals surface area contributed by atoms with Crippen LogP contribution in [0.4, 0.5) is 10.2 Å². The van der Waals surface area contributed by atoms with Crippen LogP contribution in [0.5, 0.6) is 0 Å². The molecule has 1 atom stereocenters. The summed E-state index contributed by atoms with van der Waals surface area (Å²) in [5, 5.41) is 11.6. The second-order valence-electron chi connectivity index (χ2n) is 5.16. The molecular weight excluding hydrogens is 285 g/mol. The van der Waals surface area contributed by atoms with Gasteiger partial charge in [0.05, 0.1) is 12.1 Å². The molecule has 1 aliphatic rings. The topological polar surface area (TPSA) is 74.0 Å². The largest absolute Gasteiger partial charge is 0.310 e. The van der Waals surface area contributed by atoms with E-state index in [4.69, 9.17) is 5.26 Å². The number of anilines is 1. The standard InChI is InChI=1S/C15H14FN5O/c16-12-1-3-13(4-2-12)21-8-14(18-10-21)19-15(22)11-5-6-20(7-11)9-17/h1-4,8,10-11H,5-7H2,(H,19,22)/t11-/m0/s1. The number of carbonyl (C=O) groups excluding carboxylic acids is 1. The molecule has 0 aliphatic carbocycles. The van der Waals surface area contributed by atoms with Crippen LogP contribution >= 0.6 is 0 Å². The van der Waals surface area contributed by atoms with Gasteiger partial charge < -0.3 is 14.8 Å². The lowest BCUT2D eigenvalue weighted by molar-refractivity contribution is -0.119. The van der Waals surface area contributed by atoms with Gasteiger partial charge in [0.2, 0.25) is 5.91 Å². The highest BCUT2D eigenvalue weighted by Crippen LogP contribution is 2.18. The molecule has 1 saturated heterocycles. The molecule has 1 N–H and O–H groups in total. The maximum absolute atomic E-state index is 12.9. The van der Waals surface area contributed by atoms with Crippen LogP contribution in [0.2, 0.25) is 0 Å². The van der Waals surface area contributed by atoms with E-state index in [2.05, 4.69) is 10.3 Å². The highest BCUT2D eigenvalue weighted by Gasteiger charge is 2.28. The Morgan fingerprint density at radius 3 is 2.86 bits per heavy atom. The number of nitrogens with one attached hydrogen (secondary N) is 1. The second-order valence-corrected chi connectivity index (χ2v) is 5.16. The smallest absolute Gasteiger partial charge is 0.230 e. The molecule has 2 heterocycles. The summed E-state index contributed by atoms with van der Waals surface area (Å²) in [6.07, 6.45) is 5.93. The summed E-state index contributed by atoms with van der Waals surface area (Å²) in [5.41, 5.74) is 0.755. The van der Waals surface area contributed by atoms with Crippen LogP contribution < -0.4 is 5.32 Å². The average molecular weight is 299 g/mol. The first-order valence-corrected chi connectivity index (χ1v) is 6.91. The van der Waals surface area contributed by atoms with Crippen molar-refractivity contribution in [3.8, 4) is 11.9 Å². The molecule has 2 aromatic rings. The van der Waals surface area contributed by atoms with Crippen LogP contribution in [0, 0.1) is 23.2 Å². The summed E-state index contributed by atoms with van der Waals surface area (Å²) in [6, 6.07) is 5.99.